The summed E-state index contributed by atoms with van der Waals surface area (Å²) >= 11 is 0. The van der Waals surface area contributed by atoms with Crippen LogP contribution in [0.4, 0.5) is 0 Å². The molecule has 90 valence electrons. The number of rotatable bonds is 3. The SMILES string of the molecule is [B]C([B])(C)c1cnc(-c2ccccc2)cc1C([B])([B])C. The molecular weight excluding hydrogens is 237 g/mol. The maximum Gasteiger partial charge on any atom is 0.0704 e. The molecule has 1 heterocycles. The first-order valence-corrected chi connectivity index (χ1v) is 6.41. The van der Waals surface area contributed by atoms with E-state index in [4.69, 9.17) is 31.4 Å². The molecule has 2 aromatic rings. The van der Waals surface area contributed by atoms with Gasteiger partial charge >= 0.3 is 0 Å². The van der Waals surface area contributed by atoms with Gasteiger partial charge in [-0.25, -0.2) is 0 Å². The van der Waals surface area contributed by atoms with Crippen molar-refractivity contribution < 1.29 is 0 Å². The second-order valence-electron chi connectivity index (χ2n) is 5.55. The third kappa shape index (κ3) is 3.20. The molecule has 20 heavy (non-hydrogen) atoms. The molecule has 0 amide bonds. The van der Waals surface area contributed by atoms with Gasteiger partial charge in [0.2, 0.25) is 0 Å². The lowest BCUT2D eigenvalue weighted by Crippen LogP contribution is -2.31. The van der Waals surface area contributed by atoms with E-state index in [0.29, 0.717) is 11.1 Å². The zero-order chi connectivity index (χ0) is 15.0. The van der Waals surface area contributed by atoms with Gasteiger partial charge in [-0.3, -0.25) is 4.98 Å². The summed E-state index contributed by atoms with van der Waals surface area (Å²) < 4.78 is 0. The highest BCUT2D eigenvalue weighted by Crippen LogP contribution is 2.30. The topological polar surface area (TPSA) is 12.9 Å². The monoisotopic (exact) mass is 251 g/mol. The molecule has 0 atom stereocenters. The van der Waals surface area contributed by atoms with Crippen molar-refractivity contribution in [3.63, 3.8) is 0 Å². The van der Waals surface area contributed by atoms with E-state index in [9.17, 15) is 0 Å². The van der Waals surface area contributed by atoms with Crippen molar-refractivity contribution >= 4 is 31.4 Å². The second-order valence-corrected chi connectivity index (χ2v) is 5.55. The summed E-state index contributed by atoms with van der Waals surface area (Å²) in [5.41, 5.74) is 3.11. The minimum Gasteiger partial charge on any atom is -0.256 e. The maximum atomic E-state index is 6.04. The van der Waals surface area contributed by atoms with Crippen LogP contribution >= 0.6 is 0 Å². The molecule has 0 bridgehead atoms. The van der Waals surface area contributed by atoms with Crippen LogP contribution in [-0.2, 0) is 10.4 Å². The van der Waals surface area contributed by atoms with E-state index in [-0.39, 0.29) is 0 Å². The number of nitrogens with zero attached hydrogens (tertiary/aromatic N) is 1. The first-order chi connectivity index (χ1) is 9.19. The van der Waals surface area contributed by atoms with Gasteiger partial charge in [0.15, 0.2) is 0 Å². The van der Waals surface area contributed by atoms with Crippen LogP contribution < -0.4 is 0 Å². The van der Waals surface area contributed by atoms with Crippen LogP contribution in [0.3, 0.4) is 0 Å². The van der Waals surface area contributed by atoms with Gasteiger partial charge in [0.1, 0.15) is 0 Å². The molecule has 2 rings (SSSR count). The van der Waals surface area contributed by atoms with Crippen LogP contribution in [0.25, 0.3) is 11.3 Å². The van der Waals surface area contributed by atoms with Crippen molar-refractivity contribution in [2.24, 2.45) is 0 Å². The van der Waals surface area contributed by atoms with Crippen LogP contribution in [0, 0.1) is 0 Å². The van der Waals surface area contributed by atoms with Gasteiger partial charge in [0.05, 0.1) is 37.1 Å². The van der Waals surface area contributed by atoms with Gasteiger partial charge in [-0.15, -0.1) is 0 Å². The number of benzene rings is 1. The zero-order valence-corrected chi connectivity index (χ0v) is 11.8. The summed E-state index contributed by atoms with van der Waals surface area (Å²) in [5, 5.41) is -2.08. The smallest absolute Gasteiger partial charge is 0.0704 e. The van der Waals surface area contributed by atoms with Crippen LogP contribution in [0.15, 0.2) is 42.6 Å². The number of aromatic nitrogens is 1. The molecule has 0 aliphatic rings. The van der Waals surface area contributed by atoms with Crippen molar-refractivity contribution in [1.29, 1.82) is 0 Å². The predicted octanol–water partition coefficient (Wildman–Crippen LogP) is 1.77. The van der Waals surface area contributed by atoms with Crippen LogP contribution in [0.1, 0.15) is 25.0 Å². The quantitative estimate of drug-likeness (QED) is 0.757. The molecule has 1 aromatic heterocycles. The van der Waals surface area contributed by atoms with Crippen molar-refractivity contribution in [3.05, 3.63) is 53.7 Å². The highest BCUT2D eigenvalue weighted by molar-refractivity contribution is 6.42. The van der Waals surface area contributed by atoms with Gasteiger partial charge in [0, 0.05) is 11.8 Å². The lowest BCUT2D eigenvalue weighted by Gasteiger charge is -2.31. The Morgan fingerprint density at radius 2 is 1.40 bits per heavy atom. The zero-order valence-electron chi connectivity index (χ0n) is 11.8. The predicted molar refractivity (Wildman–Crippen MR) is 87.4 cm³/mol. The Hall–Kier alpha value is -1.37. The van der Waals surface area contributed by atoms with E-state index in [1.165, 1.54) is 0 Å². The Bertz CT molecular complexity index is 598. The largest absolute Gasteiger partial charge is 0.256 e. The van der Waals surface area contributed by atoms with E-state index < -0.39 is 10.4 Å². The molecular formula is C15H13B4N. The average Bonchev–Trinajstić information content (AvgIpc) is 2.37. The minimum atomic E-state index is -1.04. The standard InChI is InChI=1S/C15H13B4N/c1-14(16,17)11-8-13(10-6-4-3-5-7-10)20-9-12(11)15(2,18)19/h3-9H,1-2H3. The molecule has 0 unspecified atom stereocenters. The summed E-state index contributed by atoms with van der Waals surface area (Å²) in [4.78, 5) is 4.42. The Kier molecular flexibility index (Phi) is 3.90. The van der Waals surface area contributed by atoms with Gasteiger partial charge in [-0.1, -0.05) is 60.2 Å². The number of pyridine rings is 1. The lowest BCUT2D eigenvalue weighted by molar-refractivity contribution is 0.869. The molecule has 0 N–H and O–H groups in total. The summed E-state index contributed by atoms with van der Waals surface area (Å²) in [6, 6.07) is 11.6. The third-order valence-electron chi connectivity index (χ3n) is 3.13. The summed E-state index contributed by atoms with van der Waals surface area (Å²) in [6.07, 6.45) is 1.65. The van der Waals surface area contributed by atoms with E-state index in [0.717, 1.165) is 11.3 Å². The lowest BCUT2D eigenvalue weighted by atomic mass is 9.46. The molecule has 0 aliphatic heterocycles. The van der Waals surface area contributed by atoms with Gasteiger partial charge in [-0.05, 0) is 11.6 Å². The molecule has 8 radical (unpaired) electrons. The van der Waals surface area contributed by atoms with Crippen molar-refractivity contribution in [1.82, 2.24) is 4.98 Å². The summed E-state index contributed by atoms with van der Waals surface area (Å²) in [5.74, 6) is 0. The van der Waals surface area contributed by atoms with Crippen LogP contribution in [0.5, 0.6) is 0 Å². The van der Waals surface area contributed by atoms with Gasteiger partial charge in [0.25, 0.3) is 0 Å². The first-order valence-electron chi connectivity index (χ1n) is 6.41. The third-order valence-corrected chi connectivity index (χ3v) is 3.13. The molecule has 0 saturated heterocycles. The fourth-order valence-corrected chi connectivity index (χ4v) is 2.10. The molecule has 1 aromatic carbocycles. The van der Waals surface area contributed by atoms with E-state index >= 15 is 0 Å². The maximum absolute atomic E-state index is 6.04. The minimum absolute atomic E-state index is 0.643. The van der Waals surface area contributed by atoms with Crippen molar-refractivity contribution in [2.45, 2.75) is 24.3 Å². The molecule has 0 aliphatic carbocycles. The first kappa shape index (κ1) is 15.0. The Balaban J connectivity index is 2.62. The van der Waals surface area contributed by atoms with Crippen LogP contribution in [-0.4, -0.2) is 36.4 Å². The Morgan fingerprint density at radius 3 is 1.90 bits per heavy atom. The highest BCUT2D eigenvalue weighted by Gasteiger charge is 2.24. The molecule has 0 fully saturated rings. The average molecular weight is 251 g/mol. The molecule has 0 spiro atoms. The number of hydrogen-bond donors (Lipinski definition) is 0. The second kappa shape index (κ2) is 5.20. The van der Waals surface area contributed by atoms with E-state index in [2.05, 4.69) is 4.98 Å². The fourth-order valence-electron chi connectivity index (χ4n) is 2.10. The molecule has 0 saturated carbocycles. The van der Waals surface area contributed by atoms with Crippen LogP contribution in [0.2, 0.25) is 0 Å². The van der Waals surface area contributed by atoms with Gasteiger partial charge < -0.3 is 0 Å². The summed E-state index contributed by atoms with van der Waals surface area (Å²) in [6.45, 7) is 3.41. The van der Waals surface area contributed by atoms with Crippen molar-refractivity contribution in [3.8, 4) is 11.3 Å². The molecule has 5 heteroatoms. The van der Waals surface area contributed by atoms with E-state index in [1.54, 1.807) is 20.0 Å². The Morgan fingerprint density at radius 1 is 0.850 bits per heavy atom. The van der Waals surface area contributed by atoms with Gasteiger partial charge in [-0.2, -0.15) is 0 Å². The normalized spacial score (nSPS) is 12.3. The molecule has 1 nitrogen and oxygen atoms in total. The van der Waals surface area contributed by atoms with E-state index in [1.807, 2.05) is 36.4 Å². The Labute approximate surface area is 126 Å². The highest BCUT2D eigenvalue weighted by atomic mass is 14.7. The number of hydrogen-bond acceptors (Lipinski definition) is 1. The van der Waals surface area contributed by atoms with Crippen molar-refractivity contribution in [2.75, 3.05) is 0 Å². The summed E-state index contributed by atoms with van der Waals surface area (Å²) in [7, 11) is 24.0. The fraction of sp³-hybridized carbons (Fsp3) is 0.267.